The van der Waals surface area contributed by atoms with Crippen LogP contribution < -0.4 is 0 Å². The van der Waals surface area contributed by atoms with Gasteiger partial charge in [0.1, 0.15) is 0 Å². The van der Waals surface area contributed by atoms with E-state index in [4.69, 9.17) is 0 Å². The van der Waals surface area contributed by atoms with E-state index >= 15 is 0 Å². The Morgan fingerprint density at radius 1 is 0.893 bits per heavy atom. The van der Waals surface area contributed by atoms with Gasteiger partial charge in [0.25, 0.3) is 5.91 Å². The zero-order valence-corrected chi connectivity index (χ0v) is 16.7. The standard InChI is InChI=1S/C20H19N3O3S2/c24-19-18(15-16-7-3-1-4-8-16)27-20(21-19)22-11-13-23(14-12-22)28(25,26)17-9-5-2-6-10-17/h1-10,15H,11-14H2. The van der Waals surface area contributed by atoms with Gasteiger partial charge in [-0.3, -0.25) is 4.79 Å². The number of carbonyl (C=O) groups is 1. The summed E-state index contributed by atoms with van der Waals surface area (Å²) in [6, 6.07) is 18.1. The molecule has 0 atom stereocenters. The first-order valence-corrected chi connectivity index (χ1v) is 11.2. The molecule has 0 aliphatic carbocycles. The Bertz CT molecular complexity index is 1030. The third kappa shape index (κ3) is 3.89. The van der Waals surface area contributed by atoms with Crippen LogP contribution in [-0.2, 0) is 14.8 Å². The molecule has 1 saturated heterocycles. The van der Waals surface area contributed by atoms with Gasteiger partial charge in [0.05, 0.1) is 9.80 Å². The maximum absolute atomic E-state index is 12.7. The number of aliphatic imine (C=N–C) groups is 1. The maximum atomic E-state index is 12.7. The van der Waals surface area contributed by atoms with Crippen molar-refractivity contribution in [2.75, 3.05) is 26.2 Å². The molecule has 2 aromatic rings. The van der Waals surface area contributed by atoms with Gasteiger partial charge in [0.15, 0.2) is 5.17 Å². The number of nitrogens with zero attached hydrogens (tertiary/aromatic N) is 3. The molecule has 0 unspecified atom stereocenters. The normalized spacial score (nSPS) is 19.9. The fraction of sp³-hybridized carbons (Fsp3) is 0.200. The molecular formula is C20H19N3O3S2. The van der Waals surface area contributed by atoms with Crippen molar-refractivity contribution in [2.24, 2.45) is 4.99 Å². The summed E-state index contributed by atoms with van der Waals surface area (Å²) >= 11 is 1.34. The van der Waals surface area contributed by atoms with Crippen LogP contribution in [0, 0.1) is 0 Å². The fourth-order valence-electron chi connectivity index (χ4n) is 3.10. The molecule has 0 aromatic heterocycles. The summed E-state index contributed by atoms with van der Waals surface area (Å²) in [5.41, 5.74) is 0.952. The van der Waals surface area contributed by atoms with E-state index in [9.17, 15) is 13.2 Å². The first kappa shape index (κ1) is 18.9. The van der Waals surface area contributed by atoms with Crippen molar-refractivity contribution in [3.63, 3.8) is 0 Å². The van der Waals surface area contributed by atoms with Gasteiger partial charge in [-0.15, -0.1) is 0 Å². The molecule has 4 rings (SSSR count). The average molecular weight is 414 g/mol. The second-order valence-corrected chi connectivity index (χ2v) is 9.37. The number of thioether (sulfide) groups is 1. The highest BCUT2D eigenvalue weighted by atomic mass is 32.2. The molecule has 1 fully saturated rings. The van der Waals surface area contributed by atoms with Crippen molar-refractivity contribution in [1.29, 1.82) is 0 Å². The number of amides is 1. The van der Waals surface area contributed by atoms with Crippen LogP contribution in [0.5, 0.6) is 0 Å². The van der Waals surface area contributed by atoms with Gasteiger partial charge in [-0.05, 0) is 35.5 Å². The molecule has 8 heteroatoms. The average Bonchev–Trinajstić information content (AvgIpc) is 3.10. The molecule has 6 nitrogen and oxygen atoms in total. The number of piperazine rings is 1. The van der Waals surface area contributed by atoms with Gasteiger partial charge in [-0.2, -0.15) is 9.30 Å². The molecule has 2 aliphatic heterocycles. The predicted molar refractivity (Wildman–Crippen MR) is 111 cm³/mol. The number of hydrogen-bond acceptors (Lipinski definition) is 5. The van der Waals surface area contributed by atoms with Crippen LogP contribution in [0.25, 0.3) is 6.08 Å². The van der Waals surface area contributed by atoms with E-state index in [1.807, 2.05) is 41.3 Å². The highest BCUT2D eigenvalue weighted by molar-refractivity contribution is 8.18. The van der Waals surface area contributed by atoms with E-state index in [0.29, 0.717) is 41.1 Å². The van der Waals surface area contributed by atoms with Crippen LogP contribution in [0.2, 0.25) is 0 Å². The monoisotopic (exact) mass is 413 g/mol. The molecule has 2 heterocycles. The number of benzene rings is 2. The summed E-state index contributed by atoms with van der Waals surface area (Å²) < 4.78 is 27.0. The number of carbonyl (C=O) groups excluding carboxylic acids is 1. The summed E-state index contributed by atoms with van der Waals surface area (Å²) in [5.74, 6) is -0.247. The topological polar surface area (TPSA) is 70.1 Å². The van der Waals surface area contributed by atoms with Crippen LogP contribution in [0.15, 0.2) is 75.5 Å². The summed E-state index contributed by atoms with van der Waals surface area (Å²) in [5, 5.41) is 0.643. The molecule has 144 valence electrons. The number of hydrogen-bond donors (Lipinski definition) is 0. The molecule has 1 amide bonds. The molecular weight excluding hydrogens is 394 g/mol. The SMILES string of the molecule is O=C1N=C(N2CCN(S(=O)(=O)c3ccccc3)CC2)SC1=Cc1ccccc1. The Kier molecular flexibility index (Phi) is 5.34. The highest BCUT2D eigenvalue weighted by Crippen LogP contribution is 2.31. The zero-order chi connectivity index (χ0) is 19.6. The largest absolute Gasteiger partial charge is 0.348 e. The van der Waals surface area contributed by atoms with Crippen LogP contribution >= 0.6 is 11.8 Å². The van der Waals surface area contributed by atoms with Crippen LogP contribution in [0.1, 0.15) is 5.56 Å². The molecule has 2 aromatic carbocycles. The van der Waals surface area contributed by atoms with Gasteiger partial charge in [-0.25, -0.2) is 8.42 Å². The summed E-state index contributed by atoms with van der Waals surface area (Å²) in [7, 11) is -3.49. The van der Waals surface area contributed by atoms with Crippen molar-refractivity contribution >= 4 is 38.9 Å². The smallest absolute Gasteiger partial charge is 0.286 e. The van der Waals surface area contributed by atoms with Crippen molar-refractivity contribution in [1.82, 2.24) is 9.21 Å². The number of sulfonamides is 1. The lowest BCUT2D eigenvalue weighted by Crippen LogP contribution is -2.49. The second kappa shape index (κ2) is 7.90. The minimum absolute atomic E-state index is 0.247. The summed E-state index contributed by atoms with van der Waals surface area (Å²) in [6.07, 6.45) is 1.83. The van der Waals surface area contributed by atoms with Gasteiger partial charge >= 0.3 is 0 Å². The minimum Gasteiger partial charge on any atom is -0.348 e. The van der Waals surface area contributed by atoms with E-state index in [1.54, 1.807) is 30.3 Å². The lowest BCUT2D eigenvalue weighted by atomic mass is 10.2. The summed E-state index contributed by atoms with van der Waals surface area (Å²) in [6.45, 7) is 1.74. The van der Waals surface area contributed by atoms with Crippen LogP contribution in [-0.4, -0.2) is 54.9 Å². The lowest BCUT2D eigenvalue weighted by Gasteiger charge is -2.34. The Hall–Kier alpha value is -2.42. The van der Waals surface area contributed by atoms with E-state index in [1.165, 1.54) is 16.1 Å². The van der Waals surface area contributed by atoms with Crippen molar-refractivity contribution in [3.05, 3.63) is 71.1 Å². The van der Waals surface area contributed by atoms with Gasteiger partial charge < -0.3 is 4.90 Å². The zero-order valence-electron chi connectivity index (χ0n) is 15.1. The van der Waals surface area contributed by atoms with E-state index in [2.05, 4.69) is 4.99 Å². The number of rotatable bonds is 3. The van der Waals surface area contributed by atoms with Crippen molar-refractivity contribution in [3.8, 4) is 0 Å². The van der Waals surface area contributed by atoms with Gasteiger partial charge in [0.2, 0.25) is 10.0 Å². The van der Waals surface area contributed by atoms with Crippen molar-refractivity contribution in [2.45, 2.75) is 4.90 Å². The second-order valence-electron chi connectivity index (χ2n) is 6.43. The molecule has 28 heavy (non-hydrogen) atoms. The van der Waals surface area contributed by atoms with Gasteiger partial charge in [0, 0.05) is 26.2 Å². The third-order valence-electron chi connectivity index (χ3n) is 4.60. The highest BCUT2D eigenvalue weighted by Gasteiger charge is 2.32. The minimum atomic E-state index is -3.49. The van der Waals surface area contributed by atoms with E-state index in [0.717, 1.165) is 5.56 Å². The van der Waals surface area contributed by atoms with E-state index < -0.39 is 10.0 Å². The first-order valence-electron chi connectivity index (χ1n) is 8.92. The fourth-order valence-corrected chi connectivity index (χ4v) is 5.50. The molecule has 0 saturated carbocycles. The lowest BCUT2D eigenvalue weighted by molar-refractivity contribution is -0.113. The van der Waals surface area contributed by atoms with Gasteiger partial charge in [-0.1, -0.05) is 48.5 Å². The Balaban J connectivity index is 1.41. The molecule has 0 radical (unpaired) electrons. The maximum Gasteiger partial charge on any atom is 0.286 e. The Labute approximate surface area is 168 Å². The van der Waals surface area contributed by atoms with Crippen LogP contribution in [0.4, 0.5) is 0 Å². The first-order chi connectivity index (χ1) is 13.5. The predicted octanol–water partition coefficient (Wildman–Crippen LogP) is 2.66. The Morgan fingerprint density at radius 2 is 1.50 bits per heavy atom. The molecule has 0 spiro atoms. The molecule has 0 bridgehead atoms. The summed E-state index contributed by atoms with van der Waals surface area (Å²) in [4.78, 5) is 19.3. The van der Waals surface area contributed by atoms with E-state index in [-0.39, 0.29) is 5.91 Å². The number of amidine groups is 1. The quantitative estimate of drug-likeness (QED) is 0.724. The van der Waals surface area contributed by atoms with Crippen LogP contribution in [0.3, 0.4) is 0 Å². The molecule has 2 aliphatic rings. The molecule has 0 N–H and O–H groups in total. The Morgan fingerprint density at radius 3 is 2.14 bits per heavy atom. The van der Waals surface area contributed by atoms with Crippen molar-refractivity contribution < 1.29 is 13.2 Å². The third-order valence-corrected chi connectivity index (χ3v) is 7.55.